The van der Waals surface area contributed by atoms with E-state index in [2.05, 4.69) is 15.3 Å². The fourth-order valence-corrected chi connectivity index (χ4v) is 2.03. The van der Waals surface area contributed by atoms with E-state index in [9.17, 15) is 4.79 Å². The van der Waals surface area contributed by atoms with E-state index in [-0.39, 0.29) is 17.8 Å². The van der Waals surface area contributed by atoms with Gasteiger partial charge in [0, 0.05) is 19.2 Å². The average molecular weight is 299 g/mol. The summed E-state index contributed by atoms with van der Waals surface area (Å²) in [5, 5.41) is 3.20. The Morgan fingerprint density at radius 3 is 2.65 bits per heavy atom. The van der Waals surface area contributed by atoms with Gasteiger partial charge in [-0.3, -0.25) is 4.79 Å². The third-order valence-corrected chi connectivity index (χ3v) is 3.02. The molecule has 0 spiro atoms. The second kappa shape index (κ2) is 8.60. The van der Waals surface area contributed by atoms with E-state index < -0.39 is 0 Å². The number of hydrogen-bond acceptors (Lipinski definition) is 7. The molecule has 0 fully saturated rings. The van der Waals surface area contributed by atoms with Crippen LogP contribution in [0.1, 0.15) is 20.3 Å². The van der Waals surface area contributed by atoms with E-state index >= 15 is 0 Å². The lowest BCUT2D eigenvalue weighted by Crippen LogP contribution is -2.27. The first kappa shape index (κ1) is 16.5. The second-order valence-electron chi connectivity index (χ2n) is 4.41. The summed E-state index contributed by atoms with van der Waals surface area (Å²) in [5.74, 6) is 0.745. The molecule has 0 bridgehead atoms. The first-order chi connectivity index (χ1) is 9.47. The van der Waals surface area contributed by atoms with Crippen molar-refractivity contribution in [2.45, 2.75) is 31.5 Å². The number of carbonyl (C=O) groups excluding carboxylic acids is 1. The summed E-state index contributed by atoms with van der Waals surface area (Å²) >= 11 is 1.20. The molecule has 7 nitrogen and oxygen atoms in total. The maximum atomic E-state index is 11.6. The fraction of sp³-hybridized carbons (Fsp3) is 0.583. The molecule has 1 aromatic heterocycles. The van der Waals surface area contributed by atoms with Crippen LogP contribution in [0.5, 0.6) is 0 Å². The normalized spacial score (nSPS) is 10.8. The molecule has 1 heterocycles. The highest BCUT2D eigenvalue weighted by Crippen LogP contribution is 2.15. The van der Waals surface area contributed by atoms with E-state index in [1.54, 1.807) is 0 Å². The van der Waals surface area contributed by atoms with Crippen LogP contribution in [0.15, 0.2) is 11.2 Å². The molecule has 112 valence electrons. The number of nitrogen functional groups attached to an aromatic ring is 2. The predicted octanol–water partition coefficient (Wildman–Crippen LogP) is 0.664. The molecule has 0 saturated heterocycles. The van der Waals surface area contributed by atoms with E-state index in [1.807, 2.05) is 13.8 Å². The standard InChI is InChI=1S/C12H21N5O2S/c1-8(2)19-5-3-4-15-11(18)7-20-12-16-9(13)6-10(14)17-12/h6,8H,3-5,7H2,1-2H3,(H,15,18)(H4,13,14,16,17). The van der Waals surface area contributed by atoms with Crippen molar-refractivity contribution in [3.05, 3.63) is 6.07 Å². The summed E-state index contributed by atoms with van der Waals surface area (Å²) in [6.45, 7) is 5.19. The Kier molecular flexibility index (Phi) is 7.10. The molecule has 1 aromatic rings. The molecular weight excluding hydrogens is 278 g/mol. The molecular formula is C12H21N5O2S. The van der Waals surface area contributed by atoms with Crippen LogP contribution in [0.4, 0.5) is 11.6 Å². The summed E-state index contributed by atoms with van der Waals surface area (Å²) < 4.78 is 5.37. The summed E-state index contributed by atoms with van der Waals surface area (Å²) in [6, 6.07) is 1.47. The van der Waals surface area contributed by atoms with Gasteiger partial charge in [-0.1, -0.05) is 11.8 Å². The molecule has 0 atom stereocenters. The Morgan fingerprint density at radius 2 is 2.05 bits per heavy atom. The van der Waals surface area contributed by atoms with Crippen LogP contribution in [0.25, 0.3) is 0 Å². The van der Waals surface area contributed by atoms with Crippen LogP contribution in [0, 0.1) is 0 Å². The van der Waals surface area contributed by atoms with Crippen LogP contribution in [-0.2, 0) is 9.53 Å². The van der Waals surface area contributed by atoms with E-state index in [1.165, 1.54) is 17.8 Å². The van der Waals surface area contributed by atoms with Gasteiger partial charge in [0.1, 0.15) is 11.6 Å². The first-order valence-corrected chi connectivity index (χ1v) is 7.37. The van der Waals surface area contributed by atoms with E-state index in [0.717, 1.165) is 6.42 Å². The van der Waals surface area contributed by atoms with Crippen LogP contribution < -0.4 is 16.8 Å². The molecule has 0 saturated carbocycles. The Bertz CT molecular complexity index is 422. The Morgan fingerprint density at radius 1 is 1.40 bits per heavy atom. The van der Waals surface area contributed by atoms with Gasteiger partial charge in [0.15, 0.2) is 5.16 Å². The lowest BCUT2D eigenvalue weighted by Gasteiger charge is -2.08. The fourth-order valence-electron chi connectivity index (χ4n) is 1.33. The topological polar surface area (TPSA) is 116 Å². The molecule has 1 rings (SSSR count). The smallest absolute Gasteiger partial charge is 0.230 e. The zero-order chi connectivity index (χ0) is 15.0. The van der Waals surface area contributed by atoms with Crippen molar-refractivity contribution in [1.29, 1.82) is 0 Å². The second-order valence-corrected chi connectivity index (χ2v) is 5.35. The van der Waals surface area contributed by atoms with Gasteiger partial charge in [0.2, 0.25) is 5.91 Å². The van der Waals surface area contributed by atoms with Gasteiger partial charge in [0.05, 0.1) is 11.9 Å². The minimum atomic E-state index is -0.0795. The number of nitrogens with one attached hydrogen (secondary N) is 1. The monoisotopic (exact) mass is 299 g/mol. The minimum absolute atomic E-state index is 0.0795. The molecule has 8 heteroatoms. The zero-order valence-corrected chi connectivity index (χ0v) is 12.6. The largest absolute Gasteiger partial charge is 0.383 e. The van der Waals surface area contributed by atoms with E-state index in [4.69, 9.17) is 16.2 Å². The van der Waals surface area contributed by atoms with Crippen molar-refractivity contribution >= 4 is 29.3 Å². The van der Waals surface area contributed by atoms with Crippen LogP contribution in [0.3, 0.4) is 0 Å². The molecule has 0 radical (unpaired) electrons. The number of aromatic nitrogens is 2. The van der Waals surface area contributed by atoms with E-state index in [0.29, 0.717) is 29.9 Å². The molecule has 0 aliphatic heterocycles. The molecule has 0 aromatic carbocycles. The maximum Gasteiger partial charge on any atom is 0.230 e. The van der Waals surface area contributed by atoms with Gasteiger partial charge in [-0.05, 0) is 20.3 Å². The third kappa shape index (κ3) is 7.15. The number of amides is 1. The molecule has 20 heavy (non-hydrogen) atoms. The Hall–Kier alpha value is -1.54. The Labute approximate surface area is 122 Å². The van der Waals surface area contributed by atoms with Crippen molar-refractivity contribution in [3.63, 3.8) is 0 Å². The van der Waals surface area contributed by atoms with Crippen molar-refractivity contribution in [2.24, 2.45) is 0 Å². The van der Waals surface area contributed by atoms with Crippen molar-refractivity contribution < 1.29 is 9.53 Å². The van der Waals surface area contributed by atoms with Crippen LogP contribution in [-0.4, -0.2) is 40.9 Å². The summed E-state index contributed by atoms with van der Waals surface area (Å²) in [7, 11) is 0. The van der Waals surface area contributed by atoms with Crippen LogP contribution in [0.2, 0.25) is 0 Å². The lowest BCUT2D eigenvalue weighted by atomic mass is 10.4. The molecule has 5 N–H and O–H groups in total. The van der Waals surface area contributed by atoms with Gasteiger partial charge in [-0.25, -0.2) is 9.97 Å². The summed E-state index contributed by atoms with van der Waals surface area (Å²) in [4.78, 5) is 19.6. The average Bonchev–Trinajstić information content (AvgIpc) is 2.34. The highest BCUT2D eigenvalue weighted by Gasteiger charge is 2.06. The number of ether oxygens (including phenoxy) is 1. The van der Waals surface area contributed by atoms with Gasteiger partial charge < -0.3 is 21.5 Å². The Balaban J connectivity index is 2.19. The third-order valence-electron chi connectivity index (χ3n) is 2.17. The van der Waals surface area contributed by atoms with Crippen LogP contribution >= 0.6 is 11.8 Å². The van der Waals surface area contributed by atoms with Crippen molar-refractivity contribution in [1.82, 2.24) is 15.3 Å². The molecule has 0 aliphatic carbocycles. The number of thioether (sulfide) groups is 1. The maximum absolute atomic E-state index is 11.6. The number of anilines is 2. The van der Waals surface area contributed by atoms with Crippen molar-refractivity contribution in [2.75, 3.05) is 30.4 Å². The number of hydrogen-bond donors (Lipinski definition) is 3. The van der Waals surface area contributed by atoms with Gasteiger partial charge in [-0.15, -0.1) is 0 Å². The van der Waals surface area contributed by atoms with Crippen molar-refractivity contribution in [3.8, 4) is 0 Å². The molecule has 1 amide bonds. The van der Waals surface area contributed by atoms with Gasteiger partial charge in [-0.2, -0.15) is 0 Å². The number of rotatable bonds is 8. The number of nitrogens with two attached hydrogens (primary N) is 2. The SMILES string of the molecule is CC(C)OCCCNC(=O)CSc1nc(N)cc(N)n1. The molecule has 0 aliphatic rings. The highest BCUT2D eigenvalue weighted by molar-refractivity contribution is 7.99. The quantitative estimate of drug-likeness (QED) is 0.367. The minimum Gasteiger partial charge on any atom is -0.383 e. The van der Waals surface area contributed by atoms with Gasteiger partial charge in [0.25, 0.3) is 0 Å². The number of carbonyl (C=O) groups is 1. The first-order valence-electron chi connectivity index (χ1n) is 6.38. The zero-order valence-electron chi connectivity index (χ0n) is 11.8. The summed E-state index contributed by atoms with van der Waals surface area (Å²) in [6.07, 6.45) is 1.00. The summed E-state index contributed by atoms with van der Waals surface area (Å²) in [5.41, 5.74) is 11.1. The molecule has 0 unspecified atom stereocenters. The number of nitrogens with zero attached hydrogens (tertiary/aromatic N) is 2. The predicted molar refractivity (Wildman–Crippen MR) is 80.3 cm³/mol. The van der Waals surface area contributed by atoms with Gasteiger partial charge >= 0.3 is 0 Å². The highest BCUT2D eigenvalue weighted by atomic mass is 32.2. The lowest BCUT2D eigenvalue weighted by molar-refractivity contribution is -0.118.